The number of sulfonamides is 2. The molecule has 0 radical (unpaired) electrons. The van der Waals surface area contributed by atoms with E-state index in [1.165, 1.54) is 24.3 Å². The molecule has 0 unspecified atom stereocenters. The highest BCUT2D eigenvalue weighted by Gasteiger charge is 2.22. The van der Waals surface area contributed by atoms with E-state index in [9.17, 15) is 30.4 Å². The molecule has 4 aromatic rings. The minimum Gasteiger partial charge on any atom is -0.325 e. The van der Waals surface area contributed by atoms with Crippen molar-refractivity contribution in [1.29, 1.82) is 0 Å². The van der Waals surface area contributed by atoms with Gasteiger partial charge in [-0.15, -0.1) is 0 Å². The Balaban J connectivity index is 1.48. The molecule has 0 aliphatic rings. The largest absolute Gasteiger partial charge is 0.325 e. The third-order valence-corrected chi connectivity index (χ3v) is 7.88. The number of carbonyl (C=O) groups is 1. The van der Waals surface area contributed by atoms with Gasteiger partial charge in [-0.25, -0.2) is 25.6 Å². The topological polar surface area (TPSA) is 113 Å². The number of hydrogen-bond donors (Lipinski definition) is 2. The van der Waals surface area contributed by atoms with Gasteiger partial charge in [0.15, 0.2) is 11.6 Å². The lowest BCUT2D eigenvalue weighted by atomic mass is 10.1. The molecule has 1 amide bonds. The Kier molecular flexibility index (Phi) is 7.14. The molecule has 0 aliphatic carbocycles. The summed E-state index contributed by atoms with van der Waals surface area (Å²) in [5.41, 5.74) is 0.388. The van der Waals surface area contributed by atoms with E-state index in [2.05, 4.69) is 10.0 Å². The summed E-state index contributed by atoms with van der Waals surface area (Å²) in [5, 5.41) is 4.06. The normalized spacial score (nSPS) is 11.8. The molecular formula is C25H21F2N3O5S2. The lowest BCUT2D eigenvalue weighted by Gasteiger charge is -2.22. The van der Waals surface area contributed by atoms with Crippen LogP contribution in [0, 0.1) is 11.6 Å². The summed E-state index contributed by atoms with van der Waals surface area (Å²) in [6, 6.07) is 20.3. The zero-order valence-corrected chi connectivity index (χ0v) is 21.0. The van der Waals surface area contributed by atoms with Gasteiger partial charge in [0.05, 0.1) is 22.5 Å². The van der Waals surface area contributed by atoms with Crippen molar-refractivity contribution in [3.05, 3.63) is 96.6 Å². The highest BCUT2D eigenvalue weighted by Crippen LogP contribution is 2.26. The number of halogens is 2. The molecule has 0 aliphatic heterocycles. The molecule has 0 atom stereocenters. The Morgan fingerprint density at radius 2 is 1.51 bits per heavy atom. The van der Waals surface area contributed by atoms with E-state index >= 15 is 0 Å². The molecule has 0 spiro atoms. The first-order valence-electron chi connectivity index (χ1n) is 10.8. The predicted molar refractivity (Wildman–Crippen MR) is 138 cm³/mol. The SMILES string of the molecule is CS(=O)(=O)N(CC(=O)Nc1ccc(S(=O)(=O)Nc2cccc3ccccc23)cc1)c1ccc(F)c(F)c1. The van der Waals surface area contributed by atoms with Crippen molar-refractivity contribution in [2.24, 2.45) is 0 Å². The molecule has 0 heterocycles. The van der Waals surface area contributed by atoms with Crippen LogP contribution in [-0.2, 0) is 24.8 Å². The predicted octanol–water partition coefficient (Wildman–Crippen LogP) is 4.32. The second-order valence-corrected chi connectivity index (χ2v) is 11.7. The number of fused-ring (bicyclic) bond motifs is 1. The number of nitrogens with zero attached hydrogens (tertiary/aromatic N) is 1. The maximum absolute atomic E-state index is 13.6. The van der Waals surface area contributed by atoms with Crippen molar-refractivity contribution in [1.82, 2.24) is 0 Å². The Morgan fingerprint density at radius 1 is 0.838 bits per heavy atom. The third-order valence-electron chi connectivity index (χ3n) is 5.36. The van der Waals surface area contributed by atoms with E-state index < -0.39 is 44.1 Å². The van der Waals surface area contributed by atoms with Gasteiger partial charge in [-0.1, -0.05) is 36.4 Å². The summed E-state index contributed by atoms with van der Waals surface area (Å²) in [7, 11) is -7.96. The summed E-state index contributed by atoms with van der Waals surface area (Å²) in [6.45, 7) is -0.716. The number of benzene rings is 4. The molecular weight excluding hydrogens is 524 g/mol. The van der Waals surface area contributed by atoms with Crippen LogP contribution in [0.4, 0.5) is 25.8 Å². The molecule has 0 aromatic heterocycles. The maximum Gasteiger partial charge on any atom is 0.261 e. The van der Waals surface area contributed by atoms with E-state index in [-0.39, 0.29) is 16.3 Å². The van der Waals surface area contributed by atoms with Gasteiger partial charge in [0, 0.05) is 17.1 Å². The summed E-state index contributed by atoms with van der Waals surface area (Å²) < 4.78 is 80.2. The molecule has 37 heavy (non-hydrogen) atoms. The summed E-state index contributed by atoms with van der Waals surface area (Å²) >= 11 is 0. The highest BCUT2D eigenvalue weighted by molar-refractivity contribution is 7.92. The molecule has 2 N–H and O–H groups in total. The van der Waals surface area contributed by atoms with Gasteiger partial charge in [-0.3, -0.25) is 13.8 Å². The average Bonchev–Trinajstić information content (AvgIpc) is 2.84. The van der Waals surface area contributed by atoms with Crippen molar-refractivity contribution in [3.63, 3.8) is 0 Å². The average molecular weight is 546 g/mol. The highest BCUT2D eigenvalue weighted by atomic mass is 32.2. The van der Waals surface area contributed by atoms with E-state index in [0.717, 1.165) is 29.2 Å². The molecule has 0 bridgehead atoms. The fraction of sp³-hybridized carbons (Fsp3) is 0.0800. The lowest BCUT2D eigenvalue weighted by Crippen LogP contribution is -2.37. The number of hydrogen-bond acceptors (Lipinski definition) is 5. The van der Waals surface area contributed by atoms with Crippen molar-refractivity contribution < 1.29 is 30.4 Å². The fourth-order valence-electron chi connectivity index (χ4n) is 3.61. The van der Waals surface area contributed by atoms with Gasteiger partial charge in [-0.05, 0) is 47.9 Å². The number of anilines is 3. The summed E-state index contributed by atoms with van der Waals surface area (Å²) in [4.78, 5) is 12.5. The van der Waals surface area contributed by atoms with E-state index in [1.807, 2.05) is 18.2 Å². The fourth-order valence-corrected chi connectivity index (χ4v) is 5.53. The van der Waals surface area contributed by atoms with Crippen molar-refractivity contribution in [2.45, 2.75) is 4.90 Å². The van der Waals surface area contributed by atoms with Gasteiger partial charge in [-0.2, -0.15) is 0 Å². The molecule has 0 fully saturated rings. The molecule has 12 heteroatoms. The van der Waals surface area contributed by atoms with E-state index in [1.54, 1.807) is 24.3 Å². The van der Waals surface area contributed by atoms with Crippen LogP contribution in [0.5, 0.6) is 0 Å². The van der Waals surface area contributed by atoms with Crippen LogP contribution in [0.25, 0.3) is 10.8 Å². The second-order valence-electron chi connectivity index (χ2n) is 8.07. The van der Waals surface area contributed by atoms with Crippen molar-refractivity contribution in [3.8, 4) is 0 Å². The monoisotopic (exact) mass is 545 g/mol. The summed E-state index contributed by atoms with van der Waals surface area (Å²) in [6.07, 6.45) is 0.824. The molecule has 4 rings (SSSR count). The molecule has 0 saturated heterocycles. The van der Waals surface area contributed by atoms with Crippen molar-refractivity contribution >= 4 is 53.8 Å². The van der Waals surface area contributed by atoms with Gasteiger partial charge in [0.2, 0.25) is 15.9 Å². The van der Waals surface area contributed by atoms with Crippen molar-refractivity contribution in [2.75, 3.05) is 27.1 Å². The quantitative estimate of drug-likeness (QED) is 0.342. The van der Waals surface area contributed by atoms with Gasteiger partial charge >= 0.3 is 0 Å². The number of carbonyl (C=O) groups excluding carboxylic acids is 1. The van der Waals surface area contributed by atoms with Crippen LogP contribution in [0.2, 0.25) is 0 Å². The Labute approximate surface area is 212 Å². The number of rotatable bonds is 8. The Hall–Kier alpha value is -4.03. The number of amides is 1. The number of nitrogens with one attached hydrogen (secondary N) is 2. The first-order valence-corrected chi connectivity index (χ1v) is 14.1. The van der Waals surface area contributed by atoms with E-state index in [4.69, 9.17) is 0 Å². The zero-order valence-electron chi connectivity index (χ0n) is 19.4. The third kappa shape index (κ3) is 6.04. The summed E-state index contributed by atoms with van der Waals surface area (Å²) in [5.74, 6) is -3.20. The van der Waals surface area contributed by atoms with Crippen LogP contribution in [0.3, 0.4) is 0 Å². The Bertz CT molecular complexity index is 1690. The minimum atomic E-state index is -4.01. The van der Waals surface area contributed by atoms with Crippen LogP contribution < -0.4 is 14.3 Å². The van der Waals surface area contributed by atoms with Crippen LogP contribution in [0.15, 0.2) is 89.8 Å². The zero-order chi connectivity index (χ0) is 26.8. The van der Waals surface area contributed by atoms with Gasteiger partial charge in [0.1, 0.15) is 6.54 Å². The van der Waals surface area contributed by atoms with Gasteiger partial charge < -0.3 is 5.32 Å². The lowest BCUT2D eigenvalue weighted by molar-refractivity contribution is -0.114. The van der Waals surface area contributed by atoms with Gasteiger partial charge in [0.25, 0.3) is 10.0 Å². The first kappa shape index (κ1) is 26.0. The molecule has 4 aromatic carbocycles. The smallest absolute Gasteiger partial charge is 0.261 e. The Morgan fingerprint density at radius 3 is 2.19 bits per heavy atom. The maximum atomic E-state index is 13.6. The molecule has 192 valence electrons. The van der Waals surface area contributed by atoms with Crippen LogP contribution >= 0.6 is 0 Å². The standard InChI is InChI=1S/C25H21F2N3O5S2/c1-36(32,33)30(19-11-14-22(26)23(27)15-19)16-25(31)28-18-9-12-20(13-10-18)37(34,35)29-24-8-4-6-17-5-2-3-7-21(17)24/h2-15,29H,16H2,1H3,(H,28,31). The molecule has 0 saturated carbocycles. The van der Waals surface area contributed by atoms with Crippen LogP contribution in [-0.4, -0.2) is 35.5 Å². The molecule has 8 nitrogen and oxygen atoms in total. The minimum absolute atomic E-state index is 0.0574. The van der Waals surface area contributed by atoms with Crippen LogP contribution in [0.1, 0.15) is 0 Å². The first-order chi connectivity index (χ1) is 17.4. The van der Waals surface area contributed by atoms with E-state index in [0.29, 0.717) is 16.1 Å². The second kappa shape index (κ2) is 10.1.